The van der Waals surface area contributed by atoms with E-state index < -0.39 is 0 Å². The molecule has 24 heavy (non-hydrogen) atoms. The predicted molar refractivity (Wildman–Crippen MR) is 96.8 cm³/mol. The number of amides is 1. The van der Waals surface area contributed by atoms with E-state index in [9.17, 15) is 4.79 Å². The number of nitrogens with one attached hydrogen (secondary N) is 1. The molecule has 0 atom stereocenters. The standard InChI is InChI=1S/C18H24N2O3S/c1-4-22-15-8-6-14(7-9-15)18-20-16(12-24-18)17(21)19-10-5-11-23-13(2)3/h6-9,12-13H,4-5,10-11H2,1-3H3,(H,19,21). The normalized spacial score (nSPS) is 10.8. The molecule has 2 rings (SSSR count). The van der Waals surface area contributed by atoms with Crippen LogP contribution in [0.4, 0.5) is 0 Å². The zero-order valence-electron chi connectivity index (χ0n) is 14.4. The maximum absolute atomic E-state index is 12.1. The van der Waals surface area contributed by atoms with Gasteiger partial charge >= 0.3 is 0 Å². The molecule has 0 fully saturated rings. The minimum Gasteiger partial charge on any atom is -0.494 e. The molecule has 6 heteroatoms. The largest absolute Gasteiger partial charge is 0.494 e. The van der Waals surface area contributed by atoms with E-state index in [-0.39, 0.29) is 12.0 Å². The summed E-state index contributed by atoms with van der Waals surface area (Å²) in [4.78, 5) is 16.5. The number of hydrogen-bond acceptors (Lipinski definition) is 5. The summed E-state index contributed by atoms with van der Waals surface area (Å²) in [7, 11) is 0. The van der Waals surface area contributed by atoms with Gasteiger partial charge in [-0.25, -0.2) is 4.98 Å². The van der Waals surface area contributed by atoms with E-state index in [1.807, 2.05) is 45.0 Å². The first-order chi connectivity index (χ1) is 11.6. The Balaban J connectivity index is 1.86. The Labute approximate surface area is 147 Å². The third kappa shape index (κ3) is 5.62. The van der Waals surface area contributed by atoms with Crippen molar-refractivity contribution in [2.24, 2.45) is 0 Å². The Bertz CT molecular complexity index is 638. The van der Waals surface area contributed by atoms with Gasteiger partial charge in [0.15, 0.2) is 0 Å². The van der Waals surface area contributed by atoms with Gasteiger partial charge in [-0.3, -0.25) is 4.79 Å². The number of carbonyl (C=O) groups excluding carboxylic acids is 1. The third-order valence-corrected chi connectivity index (χ3v) is 4.10. The van der Waals surface area contributed by atoms with Crippen LogP contribution >= 0.6 is 11.3 Å². The molecule has 1 aromatic heterocycles. The summed E-state index contributed by atoms with van der Waals surface area (Å²) in [6.45, 7) is 7.82. The second kappa shape index (κ2) is 9.39. The molecule has 0 saturated heterocycles. The smallest absolute Gasteiger partial charge is 0.270 e. The highest BCUT2D eigenvalue weighted by atomic mass is 32.1. The number of nitrogens with zero attached hydrogens (tertiary/aromatic N) is 1. The topological polar surface area (TPSA) is 60.5 Å². The summed E-state index contributed by atoms with van der Waals surface area (Å²) in [5.74, 6) is 0.687. The Kier molecular flexibility index (Phi) is 7.21. The highest BCUT2D eigenvalue weighted by molar-refractivity contribution is 7.13. The van der Waals surface area contributed by atoms with Crippen molar-refractivity contribution in [3.8, 4) is 16.3 Å². The number of hydrogen-bond donors (Lipinski definition) is 1. The molecule has 5 nitrogen and oxygen atoms in total. The molecule has 1 N–H and O–H groups in total. The molecule has 0 aliphatic carbocycles. The first-order valence-corrected chi connectivity index (χ1v) is 9.06. The van der Waals surface area contributed by atoms with Crippen LogP contribution in [0.25, 0.3) is 10.6 Å². The Morgan fingerprint density at radius 3 is 2.71 bits per heavy atom. The monoisotopic (exact) mass is 348 g/mol. The fourth-order valence-electron chi connectivity index (χ4n) is 2.05. The van der Waals surface area contributed by atoms with Crippen LogP contribution < -0.4 is 10.1 Å². The third-order valence-electron chi connectivity index (χ3n) is 3.21. The van der Waals surface area contributed by atoms with Crippen LogP contribution in [0, 0.1) is 0 Å². The molecule has 1 aromatic carbocycles. The van der Waals surface area contributed by atoms with Gasteiger partial charge in [0.05, 0.1) is 12.7 Å². The number of thiazole rings is 1. The first-order valence-electron chi connectivity index (χ1n) is 8.18. The second-order valence-corrected chi connectivity index (χ2v) is 6.38. The second-order valence-electron chi connectivity index (χ2n) is 5.52. The number of carbonyl (C=O) groups is 1. The highest BCUT2D eigenvalue weighted by Gasteiger charge is 2.11. The maximum atomic E-state index is 12.1. The molecule has 1 amide bonds. The predicted octanol–water partition coefficient (Wildman–Crippen LogP) is 3.75. The van der Waals surface area contributed by atoms with Gasteiger partial charge in [0, 0.05) is 24.1 Å². The van der Waals surface area contributed by atoms with Crippen molar-refractivity contribution in [2.45, 2.75) is 33.3 Å². The average molecular weight is 348 g/mol. The minimum atomic E-state index is -0.145. The van der Waals surface area contributed by atoms with Gasteiger partial charge in [-0.05, 0) is 51.5 Å². The molecule has 0 spiro atoms. The lowest BCUT2D eigenvalue weighted by atomic mass is 10.2. The van der Waals surface area contributed by atoms with Crippen molar-refractivity contribution in [1.29, 1.82) is 0 Å². The van der Waals surface area contributed by atoms with Crippen LogP contribution in [-0.2, 0) is 4.74 Å². The van der Waals surface area contributed by atoms with Crippen molar-refractivity contribution < 1.29 is 14.3 Å². The number of ether oxygens (including phenoxy) is 2. The van der Waals surface area contributed by atoms with Gasteiger partial charge in [0.1, 0.15) is 16.5 Å². The summed E-state index contributed by atoms with van der Waals surface area (Å²) in [6.07, 6.45) is 1.01. The SMILES string of the molecule is CCOc1ccc(-c2nc(C(=O)NCCCOC(C)C)cs2)cc1. The van der Waals surface area contributed by atoms with Crippen LogP contribution in [0.5, 0.6) is 5.75 Å². The average Bonchev–Trinajstić information content (AvgIpc) is 3.05. The molecule has 0 unspecified atom stereocenters. The van der Waals surface area contributed by atoms with Gasteiger partial charge in [0.25, 0.3) is 5.91 Å². The van der Waals surface area contributed by atoms with Crippen LogP contribution in [0.3, 0.4) is 0 Å². The van der Waals surface area contributed by atoms with Crippen molar-refractivity contribution in [3.63, 3.8) is 0 Å². The van der Waals surface area contributed by atoms with E-state index in [2.05, 4.69) is 10.3 Å². The van der Waals surface area contributed by atoms with E-state index in [4.69, 9.17) is 9.47 Å². The van der Waals surface area contributed by atoms with Crippen molar-refractivity contribution in [2.75, 3.05) is 19.8 Å². The Morgan fingerprint density at radius 1 is 1.29 bits per heavy atom. The molecular weight excluding hydrogens is 324 g/mol. The summed E-state index contributed by atoms with van der Waals surface area (Å²) in [5.41, 5.74) is 1.43. The molecule has 0 aliphatic rings. The zero-order valence-corrected chi connectivity index (χ0v) is 15.2. The quantitative estimate of drug-likeness (QED) is 0.701. The number of rotatable bonds is 9. The number of benzene rings is 1. The fraction of sp³-hybridized carbons (Fsp3) is 0.444. The van der Waals surface area contributed by atoms with Crippen molar-refractivity contribution >= 4 is 17.2 Å². The van der Waals surface area contributed by atoms with E-state index in [0.29, 0.717) is 25.5 Å². The van der Waals surface area contributed by atoms with Crippen molar-refractivity contribution in [3.05, 3.63) is 35.3 Å². The minimum absolute atomic E-state index is 0.145. The van der Waals surface area contributed by atoms with Crippen LogP contribution in [0.1, 0.15) is 37.7 Å². The fourth-order valence-corrected chi connectivity index (χ4v) is 2.86. The molecule has 0 aliphatic heterocycles. The molecule has 2 aromatic rings. The van der Waals surface area contributed by atoms with Gasteiger partial charge in [-0.15, -0.1) is 11.3 Å². The van der Waals surface area contributed by atoms with Gasteiger partial charge in [0.2, 0.25) is 0 Å². The zero-order chi connectivity index (χ0) is 17.4. The molecule has 1 heterocycles. The van der Waals surface area contributed by atoms with Gasteiger partial charge in [-0.1, -0.05) is 0 Å². The molecule has 0 bridgehead atoms. The van der Waals surface area contributed by atoms with Gasteiger partial charge < -0.3 is 14.8 Å². The summed E-state index contributed by atoms with van der Waals surface area (Å²) in [6, 6.07) is 7.73. The van der Waals surface area contributed by atoms with E-state index in [0.717, 1.165) is 22.7 Å². The Hall–Kier alpha value is -1.92. The van der Waals surface area contributed by atoms with Crippen LogP contribution in [0.2, 0.25) is 0 Å². The van der Waals surface area contributed by atoms with Crippen molar-refractivity contribution in [1.82, 2.24) is 10.3 Å². The summed E-state index contributed by atoms with van der Waals surface area (Å²) >= 11 is 1.46. The summed E-state index contributed by atoms with van der Waals surface area (Å²) in [5, 5.41) is 5.48. The molecule has 0 radical (unpaired) electrons. The van der Waals surface area contributed by atoms with E-state index in [1.54, 1.807) is 5.38 Å². The lowest BCUT2D eigenvalue weighted by Crippen LogP contribution is -2.25. The maximum Gasteiger partial charge on any atom is 0.270 e. The van der Waals surface area contributed by atoms with Gasteiger partial charge in [-0.2, -0.15) is 0 Å². The van der Waals surface area contributed by atoms with Crippen LogP contribution in [-0.4, -0.2) is 36.8 Å². The summed E-state index contributed by atoms with van der Waals surface area (Å²) < 4.78 is 10.9. The lowest BCUT2D eigenvalue weighted by molar-refractivity contribution is 0.0756. The molecule has 0 saturated carbocycles. The van der Waals surface area contributed by atoms with Crippen LogP contribution in [0.15, 0.2) is 29.6 Å². The van der Waals surface area contributed by atoms with E-state index >= 15 is 0 Å². The lowest BCUT2D eigenvalue weighted by Gasteiger charge is -2.07. The Morgan fingerprint density at radius 2 is 2.04 bits per heavy atom. The first kappa shape index (κ1) is 18.4. The van der Waals surface area contributed by atoms with E-state index in [1.165, 1.54) is 11.3 Å². The number of aromatic nitrogens is 1. The molecule has 130 valence electrons. The molecular formula is C18H24N2O3S. The highest BCUT2D eigenvalue weighted by Crippen LogP contribution is 2.25.